The number of fused-ring (bicyclic) bond motifs is 1. The van der Waals surface area contributed by atoms with Crippen LogP contribution >= 0.6 is 0 Å². The van der Waals surface area contributed by atoms with E-state index in [0.717, 1.165) is 22.2 Å². The maximum absolute atomic E-state index is 12.9. The van der Waals surface area contributed by atoms with E-state index in [4.69, 9.17) is 0 Å². The molecule has 2 amide bonds. The molecule has 1 atom stereocenters. The fourth-order valence-corrected chi connectivity index (χ4v) is 3.67. The summed E-state index contributed by atoms with van der Waals surface area (Å²) in [6, 6.07) is 19.6. The zero-order valence-corrected chi connectivity index (χ0v) is 15.2. The highest BCUT2D eigenvalue weighted by molar-refractivity contribution is 6.06. The molecule has 1 fully saturated rings. The molecule has 1 saturated heterocycles. The Morgan fingerprint density at radius 2 is 1.89 bits per heavy atom. The number of aromatic nitrogens is 1. The van der Waals surface area contributed by atoms with Crippen LogP contribution in [0.1, 0.15) is 12.1 Å². The summed E-state index contributed by atoms with van der Waals surface area (Å²) in [6.07, 6.45) is 1.96. The summed E-state index contributed by atoms with van der Waals surface area (Å²) in [5, 5.41) is 2.12. The van der Waals surface area contributed by atoms with Gasteiger partial charge >= 0.3 is 0 Å². The van der Waals surface area contributed by atoms with Crippen molar-refractivity contribution in [2.75, 3.05) is 18.5 Å². The van der Waals surface area contributed by atoms with Crippen molar-refractivity contribution in [1.82, 2.24) is 9.88 Å². The molecule has 0 bridgehead atoms. The van der Waals surface area contributed by atoms with Crippen LogP contribution in [-0.4, -0.2) is 35.3 Å². The number of nitrogens with zero attached hydrogens (tertiary/aromatic N) is 3. The minimum atomic E-state index is -0.329. The number of carbonyl (C=O) groups excluding carboxylic acids is 2. The molecular weight excluding hydrogens is 338 g/mol. The van der Waals surface area contributed by atoms with Crippen molar-refractivity contribution in [2.45, 2.75) is 13.0 Å². The van der Waals surface area contributed by atoms with E-state index < -0.39 is 0 Å². The molecule has 27 heavy (non-hydrogen) atoms. The third-order valence-corrected chi connectivity index (χ3v) is 5.03. The van der Waals surface area contributed by atoms with Crippen molar-refractivity contribution in [3.63, 3.8) is 0 Å². The van der Waals surface area contributed by atoms with Gasteiger partial charge in [-0.2, -0.15) is 0 Å². The van der Waals surface area contributed by atoms with Crippen molar-refractivity contribution < 1.29 is 9.59 Å². The van der Waals surface area contributed by atoms with Gasteiger partial charge in [-0.05, 0) is 23.6 Å². The molecule has 0 saturated carbocycles. The van der Waals surface area contributed by atoms with Crippen molar-refractivity contribution in [1.29, 1.82) is 0 Å². The number of pyridine rings is 1. The summed E-state index contributed by atoms with van der Waals surface area (Å²) >= 11 is 0. The van der Waals surface area contributed by atoms with Gasteiger partial charge in [0.1, 0.15) is 0 Å². The van der Waals surface area contributed by atoms with Gasteiger partial charge in [-0.15, -0.1) is 0 Å². The van der Waals surface area contributed by atoms with Gasteiger partial charge < -0.3 is 9.80 Å². The number of hydrogen-bond acceptors (Lipinski definition) is 3. The summed E-state index contributed by atoms with van der Waals surface area (Å²) in [4.78, 5) is 33.2. The first-order valence-corrected chi connectivity index (χ1v) is 9.06. The van der Waals surface area contributed by atoms with Gasteiger partial charge in [-0.1, -0.05) is 42.5 Å². The van der Waals surface area contributed by atoms with Crippen LogP contribution in [-0.2, 0) is 16.1 Å². The lowest BCUT2D eigenvalue weighted by Gasteiger charge is -2.22. The Kier molecular flexibility index (Phi) is 4.59. The molecule has 0 spiro atoms. The molecule has 136 valence electrons. The van der Waals surface area contributed by atoms with Gasteiger partial charge in [-0.3, -0.25) is 14.6 Å². The number of benzene rings is 2. The number of carbonyl (C=O) groups is 2. The summed E-state index contributed by atoms with van der Waals surface area (Å²) in [5.41, 5.74) is 1.71. The summed E-state index contributed by atoms with van der Waals surface area (Å²) < 4.78 is 0. The second-order valence-corrected chi connectivity index (χ2v) is 6.92. The average molecular weight is 359 g/mol. The molecule has 1 aliphatic heterocycles. The van der Waals surface area contributed by atoms with Crippen LogP contribution in [0.15, 0.2) is 66.9 Å². The highest BCUT2D eigenvalue weighted by atomic mass is 16.2. The van der Waals surface area contributed by atoms with E-state index in [0.29, 0.717) is 13.1 Å². The Morgan fingerprint density at radius 1 is 1.11 bits per heavy atom. The molecular formula is C22H21N3O2. The lowest BCUT2D eigenvalue weighted by Crippen LogP contribution is -2.34. The van der Waals surface area contributed by atoms with Gasteiger partial charge in [0.2, 0.25) is 11.8 Å². The third kappa shape index (κ3) is 3.40. The molecule has 1 unspecified atom stereocenters. The van der Waals surface area contributed by atoms with E-state index in [2.05, 4.69) is 4.98 Å². The van der Waals surface area contributed by atoms with Crippen LogP contribution in [0.5, 0.6) is 0 Å². The first kappa shape index (κ1) is 17.2. The number of anilines is 1. The largest absolute Gasteiger partial charge is 0.340 e. The fraction of sp³-hybridized carbons (Fsp3) is 0.227. The van der Waals surface area contributed by atoms with Crippen molar-refractivity contribution in [3.05, 3.63) is 72.6 Å². The molecule has 4 rings (SSSR count). The zero-order valence-electron chi connectivity index (χ0n) is 15.2. The third-order valence-electron chi connectivity index (χ3n) is 5.03. The Labute approximate surface area is 158 Å². The van der Waals surface area contributed by atoms with Gasteiger partial charge in [0.05, 0.1) is 23.8 Å². The van der Waals surface area contributed by atoms with Crippen LogP contribution in [0.4, 0.5) is 5.69 Å². The smallest absolute Gasteiger partial charge is 0.228 e. The quantitative estimate of drug-likeness (QED) is 0.719. The molecule has 0 aliphatic carbocycles. The minimum Gasteiger partial charge on any atom is -0.340 e. The molecule has 5 heteroatoms. The van der Waals surface area contributed by atoms with Crippen LogP contribution in [0.2, 0.25) is 0 Å². The first-order chi connectivity index (χ1) is 13.1. The average Bonchev–Trinajstić information content (AvgIpc) is 3.09. The predicted octanol–water partition coefficient (Wildman–Crippen LogP) is 3.25. The second-order valence-electron chi connectivity index (χ2n) is 6.92. The molecule has 0 radical (unpaired) electrons. The van der Waals surface area contributed by atoms with Gasteiger partial charge in [-0.25, -0.2) is 0 Å². The zero-order chi connectivity index (χ0) is 18.8. The van der Waals surface area contributed by atoms with E-state index in [1.54, 1.807) is 23.0 Å². The van der Waals surface area contributed by atoms with Crippen molar-refractivity contribution >= 4 is 28.3 Å². The molecule has 5 nitrogen and oxygen atoms in total. The van der Waals surface area contributed by atoms with Crippen molar-refractivity contribution in [3.8, 4) is 0 Å². The standard InChI is InChI=1S/C22H21N3O2/c1-24(15-18-9-4-5-12-23-18)22(27)17-13-21(26)25(14-17)20-11-6-8-16-7-2-3-10-19(16)20/h2-12,17H,13-15H2,1H3. The summed E-state index contributed by atoms with van der Waals surface area (Å²) in [6.45, 7) is 0.858. The van der Waals surface area contributed by atoms with E-state index in [9.17, 15) is 9.59 Å². The lowest BCUT2D eigenvalue weighted by molar-refractivity contribution is -0.135. The normalized spacial score (nSPS) is 16.7. The SMILES string of the molecule is CN(Cc1ccccn1)C(=O)C1CC(=O)N(c2cccc3ccccc23)C1. The van der Waals surface area contributed by atoms with Crippen molar-refractivity contribution in [2.24, 2.45) is 5.92 Å². The predicted molar refractivity (Wildman–Crippen MR) is 105 cm³/mol. The molecule has 0 N–H and O–H groups in total. The van der Waals surface area contributed by atoms with Crippen LogP contribution in [0.25, 0.3) is 10.8 Å². The minimum absolute atomic E-state index is 0.00376. The Morgan fingerprint density at radius 3 is 2.70 bits per heavy atom. The van der Waals surface area contributed by atoms with Gasteiger partial charge in [0, 0.05) is 31.6 Å². The molecule has 1 aromatic heterocycles. The monoisotopic (exact) mass is 359 g/mol. The Balaban J connectivity index is 1.52. The highest BCUT2D eigenvalue weighted by Gasteiger charge is 2.37. The lowest BCUT2D eigenvalue weighted by atomic mass is 10.1. The molecule has 3 aromatic rings. The maximum atomic E-state index is 12.9. The number of amides is 2. The van der Waals surface area contributed by atoms with Crippen LogP contribution < -0.4 is 4.90 Å². The Hall–Kier alpha value is -3.21. The van der Waals surface area contributed by atoms with E-state index in [1.807, 2.05) is 60.7 Å². The number of hydrogen-bond donors (Lipinski definition) is 0. The molecule has 1 aliphatic rings. The fourth-order valence-electron chi connectivity index (χ4n) is 3.67. The summed E-state index contributed by atoms with van der Waals surface area (Å²) in [5.74, 6) is -0.349. The molecule has 2 heterocycles. The van der Waals surface area contributed by atoms with Crippen LogP contribution in [0, 0.1) is 5.92 Å². The number of rotatable bonds is 4. The van der Waals surface area contributed by atoms with Gasteiger partial charge in [0.25, 0.3) is 0 Å². The topological polar surface area (TPSA) is 53.5 Å². The van der Waals surface area contributed by atoms with Gasteiger partial charge in [0.15, 0.2) is 0 Å². The van der Waals surface area contributed by atoms with E-state index in [-0.39, 0.29) is 24.2 Å². The Bertz CT molecular complexity index is 982. The van der Waals surface area contributed by atoms with Crippen LogP contribution in [0.3, 0.4) is 0 Å². The molecule has 2 aromatic carbocycles. The van der Waals surface area contributed by atoms with E-state index >= 15 is 0 Å². The highest BCUT2D eigenvalue weighted by Crippen LogP contribution is 2.32. The summed E-state index contributed by atoms with van der Waals surface area (Å²) in [7, 11) is 1.77. The van der Waals surface area contributed by atoms with E-state index in [1.165, 1.54) is 0 Å². The second kappa shape index (κ2) is 7.19. The maximum Gasteiger partial charge on any atom is 0.228 e. The first-order valence-electron chi connectivity index (χ1n) is 9.06.